The van der Waals surface area contributed by atoms with Crippen molar-refractivity contribution in [1.29, 1.82) is 0 Å². The van der Waals surface area contributed by atoms with Crippen molar-refractivity contribution in [2.24, 2.45) is 0 Å². The first-order valence-electron chi connectivity index (χ1n) is 6.51. The molecular weight excluding hydrogens is 284 g/mol. The zero-order valence-corrected chi connectivity index (χ0v) is 11.9. The molecule has 2 heterocycles. The van der Waals surface area contributed by atoms with Gasteiger partial charge >= 0.3 is 0 Å². The second-order valence-corrected chi connectivity index (χ2v) is 6.81. The van der Waals surface area contributed by atoms with Crippen molar-refractivity contribution in [3.8, 4) is 0 Å². The Kier molecular flexibility index (Phi) is 3.60. The molecule has 102 valence electrons. The van der Waals surface area contributed by atoms with Gasteiger partial charge in [0.2, 0.25) is 11.8 Å². The summed E-state index contributed by atoms with van der Waals surface area (Å²) >= 11 is 7.70. The number of aryl methyl sites for hydroxylation is 1. The van der Waals surface area contributed by atoms with Crippen LogP contribution in [-0.2, 0) is 16.0 Å². The molecule has 1 fully saturated rings. The Labute approximate surface area is 120 Å². The van der Waals surface area contributed by atoms with Crippen LogP contribution >= 0.6 is 22.9 Å². The average molecular weight is 299 g/mol. The summed E-state index contributed by atoms with van der Waals surface area (Å²) in [5.74, 6) is -0.379. The average Bonchev–Trinajstić information content (AvgIpc) is 2.74. The van der Waals surface area contributed by atoms with E-state index in [1.54, 1.807) is 11.3 Å². The summed E-state index contributed by atoms with van der Waals surface area (Å²) in [6.07, 6.45) is 4.18. The van der Waals surface area contributed by atoms with Gasteiger partial charge in [0.1, 0.15) is 0 Å². The number of carbonyl (C=O) groups is 2. The fraction of sp³-hybridized carbons (Fsp3) is 0.538. The molecule has 1 aromatic rings. The van der Waals surface area contributed by atoms with Gasteiger partial charge in [0.25, 0.3) is 0 Å². The van der Waals surface area contributed by atoms with E-state index >= 15 is 0 Å². The zero-order valence-electron chi connectivity index (χ0n) is 10.4. The van der Waals surface area contributed by atoms with Gasteiger partial charge < -0.3 is 0 Å². The summed E-state index contributed by atoms with van der Waals surface area (Å²) in [6.45, 7) is 0. The van der Waals surface area contributed by atoms with Gasteiger partial charge in [-0.1, -0.05) is 11.6 Å². The van der Waals surface area contributed by atoms with E-state index in [0.717, 1.165) is 23.6 Å². The highest BCUT2D eigenvalue weighted by Gasteiger charge is 2.31. The minimum Gasteiger partial charge on any atom is -0.299 e. The molecule has 2 amide bonds. The molecule has 3 rings (SSSR count). The Balaban J connectivity index is 1.74. The van der Waals surface area contributed by atoms with Crippen molar-refractivity contribution in [3.63, 3.8) is 0 Å². The van der Waals surface area contributed by atoms with Crippen molar-refractivity contribution < 1.29 is 9.59 Å². The Hall–Kier alpha value is -0.910. The molecule has 0 aromatic carbocycles. The molecule has 19 heavy (non-hydrogen) atoms. The van der Waals surface area contributed by atoms with Crippen LogP contribution in [0.15, 0.2) is 6.07 Å². The lowest BCUT2D eigenvalue weighted by molar-refractivity contribution is -0.134. The van der Waals surface area contributed by atoms with E-state index in [1.807, 2.05) is 6.07 Å². The van der Waals surface area contributed by atoms with Crippen molar-refractivity contribution in [1.82, 2.24) is 10.6 Å². The van der Waals surface area contributed by atoms with Crippen LogP contribution in [-0.4, -0.2) is 17.9 Å². The number of hydrogen-bond donors (Lipinski definition) is 2. The zero-order chi connectivity index (χ0) is 13.4. The second-order valence-electron chi connectivity index (χ2n) is 5.04. The van der Waals surface area contributed by atoms with Crippen LogP contribution in [0.3, 0.4) is 0 Å². The molecular formula is C13H15ClN2O2S. The van der Waals surface area contributed by atoms with Crippen LogP contribution in [0.2, 0.25) is 4.34 Å². The summed E-state index contributed by atoms with van der Waals surface area (Å²) in [6, 6.07) is 1.91. The van der Waals surface area contributed by atoms with Gasteiger partial charge in [-0.2, -0.15) is 0 Å². The first kappa shape index (κ1) is 13.1. The van der Waals surface area contributed by atoms with E-state index < -0.39 is 0 Å². The summed E-state index contributed by atoms with van der Waals surface area (Å²) in [5.41, 5.74) is 1.23. The number of thiophene rings is 1. The molecule has 4 nitrogen and oxygen atoms in total. The molecule has 1 aromatic heterocycles. The van der Waals surface area contributed by atoms with Crippen LogP contribution in [0, 0.1) is 0 Å². The highest BCUT2D eigenvalue weighted by molar-refractivity contribution is 7.16. The summed E-state index contributed by atoms with van der Waals surface area (Å²) in [5, 5.41) is 5.77. The Morgan fingerprint density at radius 3 is 2.89 bits per heavy atom. The molecule has 1 aliphatic heterocycles. The lowest BCUT2D eigenvalue weighted by Crippen LogP contribution is -2.51. The second kappa shape index (κ2) is 5.23. The van der Waals surface area contributed by atoms with E-state index in [-0.39, 0.29) is 23.9 Å². The van der Waals surface area contributed by atoms with Crippen LogP contribution in [0.4, 0.5) is 0 Å². The van der Waals surface area contributed by atoms with Gasteiger partial charge in [0.15, 0.2) is 0 Å². The largest absolute Gasteiger partial charge is 0.299 e. The van der Waals surface area contributed by atoms with Crippen LogP contribution in [0.5, 0.6) is 0 Å². The van der Waals surface area contributed by atoms with Crippen molar-refractivity contribution >= 4 is 34.8 Å². The van der Waals surface area contributed by atoms with Crippen LogP contribution in [0.1, 0.15) is 42.2 Å². The summed E-state index contributed by atoms with van der Waals surface area (Å²) < 4.78 is 0.807. The monoisotopic (exact) mass is 298 g/mol. The van der Waals surface area contributed by atoms with Gasteiger partial charge in [0, 0.05) is 17.3 Å². The van der Waals surface area contributed by atoms with E-state index in [0.29, 0.717) is 12.8 Å². The van der Waals surface area contributed by atoms with Gasteiger partial charge in [-0.05, 0) is 37.3 Å². The highest BCUT2D eigenvalue weighted by atomic mass is 35.5. The van der Waals surface area contributed by atoms with E-state index in [1.165, 1.54) is 10.4 Å². The van der Waals surface area contributed by atoms with Crippen LogP contribution in [0.25, 0.3) is 0 Å². The third kappa shape index (κ3) is 2.68. The molecule has 2 atom stereocenters. The summed E-state index contributed by atoms with van der Waals surface area (Å²) in [7, 11) is 0. The summed E-state index contributed by atoms with van der Waals surface area (Å²) in [4.78, 5) is 24.2. The Morgan fingerprint density at radius 1 is 1.26 bits per heavy atom. The lowest BCUT2D eigenvalue weighted by Gasteiger charge is -2.29. The number of halogens is 1. The maximum absolute atomic E-state index is 11.8. The molecule has 0 saturated carbocycles. The normalized spacial score (nSPS) is 27.0. The van der Waals surface area contributed by atoms with Gasteiger partial charge in [-0.3, -0.25) is 20.2 Å². The quantitative estimate of drug-likeness (QED) is 0.823. The van der Waals surface area contributed by atoms with E-state index in [2.05, 4.69) is 10.6 Å². The molecule has 2 unspecified atom stereocenters. The predicted octanol–water partition coefficient (Wildman–Crippen LogP) is 2.17. The number of rotatable bonds is 2. The molecule has 1 saturated heterocycles. The molecule has 1 aliphatic carbocycles. The first-order chi connectivity index (χ1) is 9.13. The molecule has 6 heteroatoms. The molecule has 2 N–H and O–H groups in total. The van der Waals surface area contributed by atoms with Gasteiger partial charge in [-0.25, -0.2) is 0 Å². The molecule has 2 aliphatic rings. The van der Waals surface area contributed by atoms with Crippen molar-refractivity contribution in [2.45, 2.75) is 44.2 Å². The molecule has 0 radical (unpaired) electrons. The standard InChI is InChI=1S/C13H15ClN2O2S/c14-11-6-7-8(2-1-3-10(7)19-11)15-9-4-5-12(17)16-13(9)18/h6,8-9,15H,1-5H2,(H,16,17,18). The number of amides is 2. The van der Waals surface area contributed by atoms with Crippen molar-refractivity contribution in [2.75, 3.05) is 0 Å². The van der Waals surface area contributed by atoms with Crippen molar-refractivity contribution in [3.05, 3.63) is 20.8 Å². The predicted molar refractivity (Wildman–Crippen MR) is 74.3 cm³/mol. The molecule has 0 bridgehead atoms. The first-order valence-corrected chi connectivity index (χ1v) is 7.71. The smallest absolute Gasteiger partial charge is 0.243 e. The fourth-order valence-electron chi connectivity index (χ4n) is 2.79. The van der Waals surface area contributed by atoms with E-state index in [9.17, 15) is 9.59 Å². The SMILES string of the molecule is O=C1CCC(NC2CCCc3sc(Cl)cc32)C(=O)N1. The number of imide groups is 1. The Bertz CT molecular complexity index is 529. The number of fused-ring (bicyclic) bond motifs is 1. The third-order valence-electron chi connectivity index (χ3n) is 3.73. The van der Waals surface area contributed by atoms with Crippen LogP contribution < -0.4 is 10.6 Å². The lowest BCUT2D eigenvalue weighted by atomic mass is 9.92. The molecule has 0 spiro atoms. The number of nitrogens with one attached hydrogen (secondary N) is 2. The maximum Gasteiger partial charge on any atom is 0.243 e. The maximum atomic E-state index is 11.8. The minimum atomic E-state index is -0.271. The third-order valence-corrected chi connectivity index (χ3v) is 5.06. The van der Waals surface area contributed by atoms with Gasteiger partial charge in [0.05, 0.1) is 10.4 Å². The number of hydrogen-bond acceptors (Lipinski definition) is 4. The number of carbonyl (C=O) groups excluding carboxylic acids is 2. The topological polar surface area (TPSA) is 58.2 Å². The fourth-order valence-corrected chi connectivity index (χ4v) is 4.17. The van der Waals surface area contributed by atoms with Gasteiger partial charge in [-0.15, -0.1) is 11.3 Å². The highest BCUT2D eigenvalue weighted by Crippen LogP contribution is 2.38. The Morgan fingerprint density at radius 2 is 2.11 bits per heavy atom. The minimum absolute atomic E-state index is 0.175. The van der Waals surface area contributed by atoms with E-state index in [4.69, 9.17) is 11.6 Å². The number of piperidine rings is 1.